The van der Waals surface area contributed by atoms with Crippen molar-refractivity contribution in [2.24, 2.45) is 0 Å². The molecule has 2 aliphatic heterocycles. The Kier molecular flexibility index (Phi) is 6.21. The molecule has 10 heteroatoms. The van der Waals surface area contributed by atoms with Crippen molar-refractivity contribution in [3.63, 3.8) is 0 Å². The normalized spacial score (nSPS) is 17.5. The third-order valence-electron chi connectivity index (χ3n) is 4.95. The number of carbonyl (C=O) groups is 2. The predicted molar refractivity (Wildman–Crippen MR) is 105 cm³/mol. The lowest BCUT2D eigenvalue weighted by Gasteiger charge is -2.34. The molecule has 0 aliphatic carbocycles. The number of carbonyl (C=O) groups excluding carboxylic acids is 2. The molecular formula is C18H26N4O5S. The lowest BCUT2D eigenvalue weighted by molar-refractivity contribution is -0.133. The van der Waals surface area contributed by atoms with Crippen LogP contribution in [0.15, 0.2) is 23.1 Å². The third kappa shape index (κ3) is 4.13. The van der Waals surface area contributed by atoms with Gasteiger partial charge in [-0.15, -0.1) is 0 Å². The second-order valence-electron chi connectivity index (χ2n) is 6.67. The molecule has 2 amide bonds. The first-order valence-electron chi connectivity index (χ1n) is 9.41. The van der Waals surface area contributed by atoms with Crippen molar-refractivity contribution in [1.82, 2.24) is 9.21 Å². The van der Waals surface area contributed by atoms with Crippen LogP contribution in [0.2, 0.25) is 0 Å². The summed E-state index contributed by atoms with van der Waals surface area (Å²) in [6.45, 7) is 6.48. The number of nitrogens with zero attached hydrogens (tertiary/aromatic N) is 3. The molecule has 0 saturated carbocycles. The largest absolute Gasteiger partial charge is 0.378 e. The van der Waals surface area contributed by atoms with E-state index in [2.05, 4.69) is 5.32 Å². The van der Waals surface area contributed by atoms with Gasteiger partial charge in [0.1, 0.15) is 0 Å². The number of fused-ring (bicyclic) bond motifs is 1. The van der Waals surface area contributed by atoms with Crippen molar-refractivity contribution in [3.8, 4) is 0 Å². The highest BCUT2D eigenvalue weighted by Crippen LogP contribution is 2.32. The fourth-order valence-corrected chi connectivity index (χ4v) is 4.91. The summed E-state index contributed by atoms with van der Waals surface area (Å²) in [4.78, 5) is 28.2. The standard InChI is InChI=1S/C18H26N4O5S/c1-3-22(4-2)28(25,26)14-5-6-16-15(11-14)19-17(23)12-21(16)13-18(24)20-7-9-27-10-8-20/h5-6,11H,3-4,7-10,12-13H2,1-2H3,(H,19,23). The average molecular weight is 410 g/mol. The minimum absolute atomic E-state index is 0.0468. The van der Waals surface area contributed by atoms with Crippen LogP contribution in [0.1, 0.15) is 13.8 Å². The molecule has 154 valence electrons. The van der Waals surface area contributed by atoms with Gasteiger partial charge < -0.3 is 19.9 Å². The van der Waals surface area contributed by atoms with Crippen molar-refractivity contribution in [3.05, 3.63) is 18.2 Å². The average Bonchev–Trinajstić information content (AvgIpc) is 2.68. The molecule has 0 radical (unpaired) electrons. The molecule has 3 rings (SSSR count). The summed E-state index contributed by atoms with van der Waals surface area (Å²) < 4.78 is 32.1. The molecule has 2 aliphatic rings. The number of benzene rings is 1. The lowest BCUT2D eigenvalue weighted by atomic mass is 10.2. The van der Waals surface area contributed by atoms with E-state index in [-0.39, 0.29) is 29.8 Å². The van der Waals surface area contributed by atoms with Crippen LogP contribution >= 0.6 is 0 Å². The van der Waals surface area contributed by atoms with Gasteiger partial charge in [-0.25, -0.2) is 8.42 Å². The van der Waals surface area contributed by atoms with Crippen LogP contribution in [0, 0.1) is 0 Å². The lowest BCUT2D eigenvalue weighted by Crippen LogP contribution is -2.48. The maximum Gasteiger partial charge on any atom is 0.243 e. The predicted octanol–water partition coefficient (Wildman–Crippen LogP) is 0.334. The Balaban J connectivity index is 1.85. The van der Waals surface area contributed by atoms with Crippen molar-refractivity contribution >= 4 is 33.2 Å². The van der Waals surface area contributed by atoms with Gasteiger partial charge in [-0.2, -0.15) is 4.31 Å². The zero-order chi connectivity index (χ0) is 20.3. The van der Waals surface area contributed by atoms with Crippen molar-refractivity contribution in [2.45, 2.75) is 18.7 Å². The molecule has 1 aromatic carbocycles. The Morgan fingerprint density at radius 1 is 1.21 bits per heavy atom. The van der Waals surface area contributed by atoms with E-state index in [0.29, 0.717) is 50.8 Å². The number of sulfonamides is 1. The van der Waals surface area contributed by atoms with Crippen LogP contribution in [0.3, 0.4) is 0 Å². The molecule has 0 atom stereocenters. The van der Waals surface area contributed by atoms with E-state index in [1.807, 2.05) is 0 Å². The molecule has 1 aromatic rings. The highest BCUT2D eigenvalue weighted by molar-refractivity contribution is 7.89. The van der Waals surface area contributed by atoms with Crippen LogP contribution < -0.4 is 10.2 Å². The Hall–Kier alpha value is -2.17. The van der Waals surface area contributed by atoms with Gasteiger partial charge >= 0.3 is 0 Å². The minimum atomic E-state index is -3.64. The van der Waals surface area contributed by atoms with Crippen molar-refractivity contribution in [1.29, 1.82) is 0 Å². The van der Waals surface area contributed by atoms with Crippen molar-refractivity contribution in [2.75, 3.05) is 62.7 Å². The molecule has 9 nitrogen and oxygen atoms in total. The first kappa shape index (κ1) is 20.6. The van der Waals surface area contributed by atoms with Gasteiger partial charge in [0.2, 0.25) is 21.8 Å². The van der Waals surface area contributed by atoms with E-state index < -0.39 is 10.0 Å². The van der Waals surface area contributed by atoms with Crippen molar-refractivity contribution < 1.29 is 22.7 Å². The smallest absolute Gasteiger partial charge is 0.243 e. The molecule has 1 fully saturated rings. The first-order chi connectivity index (χ1) is 13.4. The quantitative estimate of drug-likeness (QED) is 0.726. The molecule has 28 heavy (non-hydrogen) atoms. The van der Waals surface area contributed by atoms with E-state index in [0.717, 1.165) is 0 Å². The van der Waals surface area contributed by atoms with E-state index in [9.17, 15) is 18.0 Å². The van der Waals surface area contributed by atoms with Gasteiger partial charge in [-0.3, -0.25) is 9.59 Å². The fourth-order valence-electron chi connectivity index (χ4n) is 3.43. The highest BCUT2D eigenvalue weighted by atomic mass is 32.2. The third-order valence-corrected chi connectivity index (χ3v) is 7.00. The minimum Gasteiger partial charge on any atom is -0.378 e. The molecule has 1 N–H and O–H groups in total. The molecular weight excluding hydrogens is 384 g/mol. The SMILES string of the molecule is CCN(CC)S(=O)(=O)c1ccc2c(c1)NC(=O)CN2CC(=O)N1CCOCC1. The summed E-state index contributed by atoms with van der Waals surface area (Å²) in [5, 5.41) is 2.72. The Morgan fingerprint density at radius 2 is 1.89 bits per heavy atom. The monoisotopic (exact) mass is 410 g/mol. The van der Waals surface area contributed by atoms with E-state index in [4.69, 9.17) is 4.74 Å². The zero-order valence-electron chi connectivity index (χ0n) is 16.2. The van der Waals surface area contributed by atoms with Gasteiger partial charge in [0.05, 0.1) is 42.6 Å². The Morgan fingerprint density at radius 3 is 2.54 bits per heavy atom. The maximum absolute atomic E-state index is 12.8. The number of hydrogen-bond donors (Lipinski definition) is 1. The zero-order valence-corrected chi connectivity index (χ0v) is 17.0. The number of nitrogens with one attached hydrogen (secondary N) is 1. The number of hydrogen-bond acceptors (Lipinski definition) is 6. The maximum atomic E-state index is 12.8. The van der Waals surface area contributed by atoms with Crippen LogP contribution in [0.5, 0.6) is 0 Å². The number of morpholine rings is 1. The van der Waals surface area contributed by atoms with E-state index >= 15 is 0 Å². The summed E-state index contributed by atoms with van der Waals surface area (Å²) in [6.07, 6.45) is 0. The molecule has 2 heterocycles. The van der Waals surface area contributed by atoms with Gasteiger partial charge in [0, 0.05) is 26.2 Å². The first-order valence-corrected chi connectivity index (χ1v) is 10.8. The summed E-state index contributed by atoms with van der Waals surface area (Å²) in [6, 6.07) is 4.64. The topological polar surface area (TPSA) is 99.3 Å². The molecule has 0 aromatic heterocycles. The van der Waals surface area contributed by atoms with Gasteiger partial charge in [0.15, 0.2) is 0 Å². The highest BCUT2D eigenvalue weighted by Gasteiger charge is 2.29. The molecule has 1 saturated heterocycles. The van der Waals surface area contributed by atoms with Gasteiger partial charge in [-0.1, -0.05) is 13.8 Å². The second-order valence-corrected chi connectivity index (χ2v) is 8.60. The van der Waals surface area contributed by atoms with Crippen LogP contribution in [-0.2, 0) is 24.3 Å². The van der Waals surface area contributed by atoms with E-state index in [1.165, 1.54) is 16.4 Å². The molecule has 0 unspecified atom stereocenters. The Bertz CT molecular complexity index is 848. The molecule has 0 spiro atoms. The number of rotatable bonds is 6. The molecule has 0 bridgehead atoms. The van der Waals surface area contributed by atoms with E-state index in [1.54, 1.807) is 29.7 Å². The number of amides is 2. The van der Waals surface area contributed by atoms with Crippen LogP contribution in [-0.4, -0.2) is 81.9 Å². The van der Waals surface area contributed by atoms with Crippen LogP contribution in [0.25, 0.3) is 0 Å². The summed E-state index contributed by atoms with van der Waals surface area (Å²) >= 11 is 0. The summed E-state index contributed by atoms with van der Waals surface area (Å²) in [7, 11) is -3.64. The fraction of sp³-hybridized carbons (Fsp3) is 0.556. The summed E-state index contributed by atoms with van der Waals surface area (Å²) in [5.74, 6) is -0.358. The number of anilines is 2. The van der Waals surface area contributed by atoms with Gasteiger partial charge in [-0.05, 0) is 18.2 Å². The Labute approximate surface area is 165 Å². The summed E-state index contributed by atoms with van der Waals surface area (Å²) in [5.41, 5.74) is 1.04. The van der Waals surface area contributed by atoms with Gasteiger partial charge in [0.25, 0.3) is 0 Å². The second kappa shape index (κ2) is 8.46. The van der Waals surface area contributed by atoms with Crippen LogP contribution in [0.4, 0.5) is 11.4 Å². The number of ether oxygens (including phenoxy) is 1.